The van der Waals surface area contributed by atoms with Gasteiger partial charge in [-0.15, -0.1) is 0 Å². The van der Waals surface area contributed by atoms with Gasteiger partial charge in [-0.25, -0.2) is 4.39 Å². The smallest absolute Gasteiger partial charge is 0.199 e. The molecule has 3 nitrogen and oxygen atoms in total. The number of carbonyl (C=O) groups is 1. The summed E-state index contributed by atoms with van der Waals surface area (Å²) in [5.74, 6) is -1.06. The zero-order valence-electron chi connectivity index (χ0n) is 8.65. The summed E-state index contributed by atoms with van der Waals surface area (Å²) in [6.45, 7) is 0. The standard InChI is InChI=1S/C12H8BrFN2O/c13-7-1-2-10(14)8(5-7)12(17)9-6-16-4-3-11(9)15/h1-6H,(H2,15,16). The minimum atomic E-state index is -0.582. The maximum absolute atomic E-state index is 13.5. The highest BCUT2D eigenvalue weighted by atomic mass is 79.9. The lowest BCUT2D eigenvalue weighted by Crippen LogP contribution is -2.08. The fourth-order valence-corrected chi connectivity index (χ4v) is 1.77. The number of halogens is 2. The molecular formula is C12H8BrFN2O. The minimum Gasteiger partial charge on any atom is -0.398 e. The van der Waals surface area contributed by atoms with Gasteiger partial charge in [0, 0.05) is 22.6 Å². The van der Waals surface area contributed by atoms with Crippen LogP contribution in [0.2, 0.25) is 0 Å². The van der Waals surface area contributed by atoms with Crippen LogP contribution in [-0.4, -0.2) is 10.8 Å². The molecule has 2 N–H and O–H groups in total. The molecule has 86 valence electrons. The Hall–Kier alpha value is -1.75. The lowest BCUT2D eigenvalue weighted by Gasteiger charge is -2.05. The Labute approximate surface area is 106 Å². The first-order chi connectivity index (χ1) is 8.09. The predicted molar refractivity (Wildman–Crippen MR) is 66.2 cm³/mol. The average Bonchev–Trinajstić information content (AvgIpc) is 2.32. The Balaban J connectivity index is 2.51. The number of aromatic nitrogens is 1. The van der Waals surface area contributed by atoms with E-state index in [0.29, 0.717) is 4.47 Å². The van der Waals surface area contributed by atoms with E-state index in [1.165, 1.54) is 36.7 Å². The second-order valence-corrected chi connectivity index (χ2v) is 4.33. The molecule has 2 aromatic rings. The number of nitrogen functional groups attached to an aromatic ring is 1. The van der Waals surface area contributed by atoms with Crippen molar-refractivity contribution in [2.45, 2.75) is 0 Å². The molecule has 0 unspecified atom stereocenters. The van der Waals surface area contributed by atoms with Crippen molar-refractivity contribution in [3.63, 3.8) is 0 Å². The minimum absolute atomic E-state index is 0.0286. The molecule has 0 saturated carbocycles. The number of carbonyl (C=O) groups excluding carboxylic acids is 1. The summed E-state index contributed by atoms with van der Waals surface area (Å²) in [4.78, 5) is 15.9. The third-order valence-corrected chi connectivity index (χ3v) is 2.77. The van der Waals surface area contributed by atoms with Crippen LogP contribution in [0.1, 0.15) is 15.9 Å². The second-order valence-electron chi connectivity index (χ2n) is 3.42. The maximum Gasteiger partial charge on any atom is 0.199 e. The van der Waals surface area contributed by atoms with Gasteiger partial charge in [-0.2, -0.15) is 0 Å². The molecule has 0 aliphatic rings. The number of rotatable bonds is 2. The van der Waals surface area contributed by atoms with Gasteiger partial charge in [0.25, 0.3) is 0 Å². The number of nitrogens with zero attached hydrogens (tertiary/aromatic N) is 1. The lowest BCUT2D eigenvalue weighted by atomic mass is 10.0. The van der Waals surface area contributed by atoms with E-state index < -0.39 is 11.6 Å². The van der Waals surface area contributed by atoms with Gasteiger partial charge in [-0.05, 0) is 24.3 Å². The summed E-state index contributed by atoms with van der Waals surface area (Å²) in [6.07, 6.45) is 2.81. The summed E-state index contributed by atoms with van der Waals surface area (Å²) in [5, 5.41) is 0. The van der Waals surface area contributed by atoms with Crippen LogP contribution in [0.3, 0.4) is 0 Å². The summed E-state index contributed by atoms with van der Waals surface area (Å²) < 4.78 is 14.2. The molecule has 0 aliphatic carbocycles. The van der Waals surface area contributed by atoms with Crippen LogP contribution in [0.15, 0.2) is 41.1 Å². The number of hydrogen-bond acceptors (Lipinski definition) is 3. The van der Waals surface area contributed by atoms with Crippen LogP contribution in [0.5, 0.6) is 0 Å². The first-order valence-electron chi connectivity index (χ1n) is 4.79. The Bertz CT molecular complexity index is 586. The highest BCUT2D eigenvalue weighted by molar-refractivity contribution is 9.10. The Morgan fingerprint density at radius 1 is 1.29 bits per heavy atom. The molecule has 1 heterocycles. The average molecular weight is 295 g/mol. The van der Waals surface area contributed by atoms with Crippen molar-refractivity contribution in [1.82, 2.24) is 4.98 Å². The molecule has 0 bridgehead atoms. The normalized spacial score (nSPS) is 10.2. The van der Waals surface area contributed by atoms with Gasteiger partial charge in [0.2, 0.25) is 0 Å². The molecule has 0 amide bonds. The molecule has 2 rings (SSSR count). The number of pyridine rings is 1. The summed E-state index contributed by atoms with van der Waals surface area (Å²) >= 11 is 3.19. The molecule has 0 fully saturated rings. The van der Waals surface area contributed by atoms with Crippen molar-refractivity contribution in [2.75, 3.05) is 5.73 Å². The number of benzene rings is 1. The van der Waals surface area contributed by atoms with Crippen molar-refractivity contribution in [2.24, 2.45) is 0 Å². The van der Waals surface area contributed by atoms with Crippen LogP contribution < -0.4 is 5.73 Å². The van der Waals surface area contributed by atoms with Crippen LogP contribution in [0.4, 0.5) is 10.1 Å². The zero-order chi connectivity index (χ0) is 12.4. The van der Waals surface area contributed by atoms with Gasteiger partial charge in [0.1, 0.15) is 5.82 Å². The highest BCUT2D eigenvalue weighted by Gasteiger charge is 2.16. The molecule has 0 spiro atoms. The molecule has 0 saturated heterocycles. The maximum atomic E-state index is 13.5. The van der Waals surface area contributed by atoms with Crippen LogP contribution in [0, 0.1) is 5.82 Å². The van der Waals surface area contributed by atoms with Gasteiger partial charge in [-0.3, -0.25) is 9.78 Å². The SMILES string of the molecule is Nc1ccncc1C(=O)c1cc(Br)ccc1F. The lowest BCUT2D eigenvalue weighted by molar-refractivity contribution is 0.103. The molecule has 17 heavy (non-hydrogen) atoms. The third kappa shape index (κ3) is 2.34. The van der Waals surface area contributed by atoms with Crippen LogP contribution >= 0.6 is 15.9 Å². The van der Waals surface area contributed by atoms with Crippen LogP contribution in [-0.2, 0) is 0 Å². The third-order valence-electron chi connectivity index (χ3n) is 2.27. The number of anilines is 1. The molecule has 1 aromatic heterocycles. The summed E-state index contributed by atoms with van der Waals surface area (Å²) in [6, 6.07) is 5.68. The molecule has 1 aromatic carbocycles. The van der Waals surface area contributed by atoms with E-state index >= 15 is 0 Å². The monoisotopic (exact) mass is 294 g/mol. The summed E-state index contributed by atoms with van der Waals surface area (Å²) in [7, 11) is 0. The number of nitrogens with two attached hydrogens (primary N) is 1. The first kappa shape index (κ1) is 11.7. The van der Waals surface area contributed by atoms with Gasteiger partial charge in [0.15, 0.2) is 5.78 Å². The van der Waals surface area contributed by atoms with E-state index in [0.717, 1.165) is 0 Å². The number of hydrogen-bond donors (Lipinski definition) is 1. The van der Waals surface area contributed by atoms with Crippen molar-refractivity contribution >= 4 is 27.4 Å². The van der Waals surface area contributed by atoms with E-state index in [1.54, 1.807) is 0 Å². The van der Waals surface area contributed by atoms with Crippen molar-refractivity contribution in [3.8, 4) is 0 Å². The van der Waals surface area contributed by atoms with E-state index in [4.69, 9.17) is 5.73 Å². The van der Waals surface area contributed by atoms with Gasteiger partial charge < -0.3 is 5.73 Å². The van der Waals surface area contributed by atoms with Crippen molar-refractivity contribution in [3.05, 3.63) is 58.1 Å². The van der Waals surface area contributed by atoms with Gasteiger partial charge in [-0.1, -0.05) is 15.9 Å². The molecule has 0 atom stereocenters. The van der Waals surface area contributed by atoms with Crippen molar-refractivity contribution in [1.29, 1.82) is 0 Å². The van der Waals surface area contributed by atoms with E-state index in [-0.39, 0.29) is 16.8 Å². The Morgan fingerprint density at radius 3 is 2.76 bits per heavy atom. The zero-order valence-corrected chi connectivity index (χ0v) is 10.2. The quantitative estimate of drug-likeness (QED) is 0.867. The van der Waals surface area contributed by atoms with E-state index in [2.05, 4.69) is 20.9 Å². The van der Waals surface area contributed by atoms with E-state index in [1.807, 2.05) is 0 Å². The van der Waals surface area contributed by atoms with E-state index in [9.17, 15) is 9.18 Å². The largest absolute Gasteiger partial charge is 0.398 e. The predicted octanol–water partition coefficient (Wildman–Crippen LogP) is 2.80. The summed E-state index contributed by atoms with van der Waals surface area (Å²) in [5.41, 5.74) is 6.10. The van der Waals surface area contributed by atoms with Crippen LogP contribution in [0.25, 0.3) is 0 Å². The molecule has 0 aliphatic heterocycles. The highest BCUT2D eigenvalue weighted by Crippen LogP contribution is 2.20. The first-order valence-corrected chi connectivity index (χ1v) is 5.58. The number of ketones is 1. The topological polar surface area (TPSA) is 56.0 Å². The van der Waals surface area contributed by atoms with Gasteiger partial charge >= 0.3 is 0 Å². The molecule has 5 heteroatoms. The molecular weight excluding hydrogens is 287 g/mol. The second kappa shape index (κ2) is 4.63. The Kier molecular flexibility index (Phi) is 3.19. The fraction of sp³-hybridized carbons (Fsp3) is 0. The molecule has 0 radical (unpaired) electrons. The van der Waals surface area contributed by atoms with Crippen molar-refractivity contribution < 1.29 is 9.18 Å². The fourth-order valence-electron chi connectivity index (χ4n) is 1.41. The van der Waals surface area contributed by atoms with Gasteiger partial charge in [0.05, 0.1) is 11.1 Å². The Morgan fingerprint density at radius 2 is 2.06 bits per heavy atom.